The quantitative estimate of drug-likeness (QED) is 0.314. The van der Waals surface area contributed by atoms with Gasteiger partial charge in [0.15, 0.2) is 6.10 Å². The second-order valence-corrected chi connectivity index (χ2v) is 12.2. The number of likely N-dealkylation sites (tertiary alicyclic amines) is 1. The molecule has 5 atom stereocenters. The number of nitrogens with zero attached hydrogens (tertiary/aromatic N) is 2. The topological polar surface area (TPSA) is 110 Å². The van der Waals surface area contributed by atoms with Gasteiger partial charge in [0.25, 0.3) is 11.8 Å². The molecule has 3 N–H and O–H groups in total. The summed E-state index contributed by atoms with van der Waals surface area (Å²) < 4.78 is 53.3. The summed E-state index contributed by atoms with van der Waals surface area (Å²) in [6.07, 6.45) is -5.00. The highest BCUT2D eigenvalue weighted by molar-refractivity contribution is 8.01. The Balaban J connectivity index is 1.32. The Bertz CT molecular complexity index is 1510. The number of rotatable bonds is 7. The summed E-state index contributed by atoms with van der Waals surface area (Å²) in [6.45, 7) is 3.13. The summed E-state index contributed by atoms with van der Waals surface area (Å²) in [6, 6.07) is 10.6. The van der Waals surface area contributed by atoms with Gasteiger partial charge in [-0.15, -0.1) is 11.8 Å². The lowest BCUT2D eigenvalue weighted by atomic mass is 9.90. The molecule has 5 rings (SSSR count). The number of nitrogens with one attached hydrogen (secondary N) is 1. The number of carbonyl (C=O) groups is 3. The van der Waals surface area contributed by atoms with Gasteiger partial charge in [-0.1, -0.05) is 42.5 Å². The second kappa shape index (κ2) is 11.3. The van der Waals surface area contributed by atoms with Gasteiger partial charge in [-0.05, 0) is 49.6 Å². The van der Waals surface area contributed by atoms with Gasteiger partial charge in [0, 0.05) is 17.7 Å². The summed E-state index contributed by atoms with van der Waals surface area (Å²) in [5.74, 6) is -5.51. The predicted molar refractivity (Wildman–Crippen MR) is 150 cm³/mol. The van der Waals surface area contributed by atoms with Crippen molar-refractivity contribution in [2.75, 3.05) is 12.4 Å². The maximum Gasteiger partial charge on any atom is 0.398 e. The first-order chi connectivity index (χ1) is 20.2. The normalized spacial score (nSPS) is 24.9. The first kappa shape index (κ1) is 30.6. The molecular weight excluding hydrogens is 590 g/mol. The number of hydrogen-bond donors (Lipinski definition) is 3. The average molecular weight is 620 g/mol. The van der Waals surface area contributed by atoms with E-state index in [9.17, 15) is 42.2 Å². The van der Waals surface area contributed by atoms with Crippen molar-refractivity contribution >= 4 is 29.5 Å². The third-order valence-corrected chi connectivity index (χ3v) is 9.64. The van der Waals surface area contributed by atoms with Crippen molar-refractivity contribution < 1.29 is 42.2 Å². The van der Waals surface area contributed by atoms with E-state index in [1.54, 1.807) is 44.2 Å². The summed E-state index contributed by atoms with van der Waals surface area (Å²) in [7, 11) is 0. The molecule has 2 fully saturated rings. The summed E-state index contributed by atoms with van der Waals surface area (Å²) >= 11 is 1.24. The van der Waals surface area contributed by atoms with E-state index in [-0.39, 0.29) is 29.3 Å². The lowest BCUT2D eigenvalue weighted by Crippen LogP contribution is -2.74. The van der Waals surface area contributed by atoms with E-state index in [2.05, 4.69) is 5.32 Å². The molecule has 2 aromatic rings. The van der Waals surface area contributed by atoms with Crippen molar-refractivity contribution in [3.05, 3.63) is 88.8 Å². The van der Waals surface area contributed by atoms with Crippen LogP contribution >= 0.6 is 11.8 Å². The van der Waals surface area contributed by atoms with E-state index in [1.807, 2.05) is 0 Å². The lowest BCUT2D eigenvalue weighted by Gasteiger charge is -2.53. The number of alkyl halides is 3. The predicted octanol–water partition coefficient (Wildman–Crippen LogP) is 4.35. The van der Waals surface area contributed by atoms with Gasteiger partial charge < -0.3 is 25.3 Å². The van der Waals surface area contributed by atoms with Gasteiger partial charge in [0.05, 0.1) is 11.9 Å². The Labute approximate surface area is 249 Å². The van der Waals surface area contributed by atoms with Crippen LogP contribution in [0.5, 0.6) is 5.75 Å². The average Bonchev–Trinajstić information content (AvgIpc) is 3.28. The molecule has 3 amide bonds. The molecule has 2 saturated heterocycles. The van der Waals surface area contributed by atoms with E-state index in [1.165, 1.54) is 45.8 Å². The standard InChI is InChI=1S/C30H29F4N3O5S/c1-16-19(9-6-10-22(16)38)26(40)35-23(18-7-4-3-5-8-18)24(39)27(41)36-15-43-29(2)25(36)28(42)37(29)14-17-11-12-20(21(31)13-17)30(32,33)34/h3-11,13,20,23-25,38-39H,12,14-15H2,1-2H3,(H,35,40)/t20?,23?,24-,25+,29?/m0/s1. The van der Waals surface area contributed by atoms with Gasteiger partial charge >= 0.3 is 6.18 Å². The van der Waals surface area contributed by atoms with Gasteiger partial charge in [0.1, 0.15) is 28.4 Å². The number of thioether (sulfide) groups is 1. The van der Waals surface area contributed by atoms with Crippen LogP contribution in [-0.2, 0) is 9.59 Å². The van der Waals surface area contributed by atoms with Crippen LogP contribution < -0.4 is 5.32 Å². The molecule has 0 saturated carbocycles. The highest BCUT2D eigenvalue weighted by atomic mass is 32.2. The van der Waals surface area contributed by atoms with E-state index in [4.69, 9.17) is 0 Å². The van der Waals surface area contributed by atoms with Crippen LogP contribution in [0.4, 0.5) is 17.6 Å². The Kier molecular flexibility index (Phi) is 8.07. The molecule has 0 bridgehead atoms. The molecular formula is C30H29F4N3O5S. The van der Waals surface area contributed by atoms with Crippen molar-refractivity contribution in [3.8, 4) is 5.75 Å². The number of amides is 3. The highest BCUT2D eigenvalue weighted by Crippen LogP contribution is 2.51. The minimum atomic E-state index is -4.71. The number of aliphatic hydroxyl groups is 1. The molecule has 1 aliphatic carbocycles. The van der Waals surface area contributed by atoms with Crippen molar-refractivity contribution in [3.63, 3.8) is 0 Å². The van der Waals surface area contributed by atoms with Crippen molar-refractivity contribution in [1.29, 1.82) is 0 Å². The molecule has 228 valence electrons. The number of benzene rings is 2. The van der Waals surface area contributed by atoms with Crippen LogP contribution in [0, 0.1) is 12.8 Å². The Morgan fingerprint density at radius 2 is 1.86 bits per heavy atom. The first-order valence-corrected chi connectivity index (χ1v) is 14.4. The van der Waals surface area contributed by atoms with E-state index >= 15 is 0 Å². The minimum Gasteiger partial charge on any atom is -0.508 e. The Morgan fingerprint density at radius 3 is 2.51 bits per heavy atom. The zero-order chi connectivity index (χ0) is 31.3. The number of phenolic OH excluding ortho intramolecular Hbond substituents is 1. The van der Waals surface area contributed by atoms with Crippen molar-refractivity contribution in [2.45, 2.75) is 49.5 Å². The van der Waals surface area contributed by atoms with Gasteiger partial charge in [-0.3, -0.25) is 14.4 Å². The van der Waals surface area contributed by atoms with E-state index < -0.39 is 65.1 Å². The maximum absolute atomic E-state index is 14.2. The van der Waals surface area contributed by atoms with E-state index in [0.29, 0.717) is 11.1 Å². The van der Waals surface area contributed by atoms with E-state index in [0.717, 1.165) is 6.08 Å². The van der Waals surface area contributed by atoms with Crippen LogP contribution in [0.3, 0.4) is 0 Å². The molecule has 0 radical (unpaired) electrons. The lowest BCUT2D eigenvalue weighted by molar-refractivity contribution is -0.168. The second-order valence-electron chi connectivity index (χ2n) is 10.9. The molecule has 43 heavy (non-hydrogen) atoms. The van der Waals surface area contributed by atoms with Crippen LogP contribution in [0.25, 0.3) is 0 Å². The highest BCUT2D eigenvalue weighted by Gasteiger charge is 2.65. The number of phenols is 1. The molecule has 3 unspecified atom stereocenters. The fraction of sp³-hybridized carbons (Fsp3) is 0.367. The molecule has 2 heterocycles. The number of aromatic hydroxyl groups is 1. The number of fused-ring (bicyclic) bond motifs is 1. The molecule has 0 aromatic heterocycles. The summed E-state index contributed by atoms with van der Waals surface area (Å²) in [5.41, 5.74) is 1.13. The summed E-state index contributed by atoms with van der Waals surface area (Å²) in [5, 5.41) is 24.0. The molecule has 8 nitrogen and oxygen atoms in total. The monoisotopic (exact) mass is 619 g/mol. The third-order valence-electron chi connectivity index (χ3n) is 8.21. The number of carbonyl (C=O) groups excluding carboxylic acids is 3. The Hall–Kier alpha value is -3.84. The smallest absolute Gasteiger partial charge is 0.398 e. The molecule has 0 spiro atoms. The van der Waals surface area contributed by atoms with Crippen LogP contribution in [0.15, 0.2) is 72.1 Å². The maximum atomic E-state index is 14.2. The number of allylic oxidation sites excluding steroid dienone is 2. The number of halogens is 4. The SMILES string of the molecule is Cc1c(O)cccc1C(=O)NC(c1ccccc1)[C@H](O)C(=O)N1CSC2(C)[C@H]1C(=O)N2CC1=CCC(C(F)(F)F)C(F)=C1. The minimum absolute atomic E-state index is 0.0276. The summed E-state index contributed by atoms with van der Waals surface area (Å²) in [4.78, 5) is 41.8. The van der Waals surface area contributed by atoms with Crippen LogP contribution in [-0.4, -0.2) is 73.3 Å². The molecule has 2 aromatic carbocycles. The number of hydrogen-bond acceptors (Lipinski definition) is 6. The molecule has 3 aliphatic rings. The van der Waals surface area contributed by atoms with Crippen LogP contribution in [0.2, 0.25) is 0 Å². The third kappa shape index (κ3) is 5.51. The van der Waals surface area contributed by atoms with Gasteiger partial charge in [-0.25, -0.2) is 4.39 Å². The van der Waals surface area contributed by atoms with Gasteiger partial charge in [0.2, 0.25) is 5.91 Å². The number of aliphatic hydroxyl groups excluding tert-OH is 1. The van der Waals surface area contributed by atoms with Crippen LogP contribution in [0.1, 0.15) is 40.9 Å². The fourth-order valence-corrected chi connectivity index (χ4v) is 7.04. The largest absolute Gasteiger partial charge is 0.508 e. The van der Waals surface area contributed by atoms with Gasteiger partial charge in [-0.2, -0.15) is 13.2 Å². The zero-order valence-electron chi connectivity index (χ0n) is 23.1. The molecule has 13 heteroatoms. The van der Waals surface area contributed by atoms with Crippen molar-refractivity contribution in [1.82, 2.24) is 15.1 Å². The number of β-lactam (4-membered cyclic amide) rings is 1. The fourth-order valence-electron chi connectivity index (χ4n) is 5.66. The molecule has 2 aliphatic heterocycles. The van der Waals surface area contributed by atoms with Crippen molar-refractivity contribution in [2.24, 2.45) is 5.92 Å². The Morgan fingerprint density at radius 1 is 1.16 bits per heavy atom. The zero-order valence-corrected chi connectivity index (χ0v) is 24.0. The first-order valence-electron chi connectivity index (χ1n) is 13.4.